The lowest BCUT2D eigenvalue weighted by molar-refractivity contribution is -0.113. The quantitative estimate of drug-likeness (QED) is 0.647. The molecule has 0 radical (unpaired) electrons. The van der Waals surface area contributed by atoms with Gasteiger partial charge in [-0.2, -0.15) is 0 Å². The molecule has 0 atom stereocenters. The van der Waals surface area contributed by atoms with Gasteiger partial charge >= 0.3 is 0 Å². The maximum absolute atomic E-state index is 11.8. The van der Waals surface area contributed by atoms with E-state index in [0.717, 1.165) is 0 Å². The lowest BCUT2D eigenvalue weighted by Gasteiger charge is -2.06. The zero-order valence-electron chi connectivity index (χ0n) is 11.4. The second kappa shape index (κ2) is 7.39. The molecule has 7 heteroatoms. The van der Waals surface area contributed by atoms with E-state index in [0.29, 0.717) is 16.4 Å². The number of hydrogen-bond acceptors (Lipinski definition) is 5. The number of thioether (sulfide) groups is 1. The smallest absolute Gasteiger partial charge is 0.251 e. The Hall–Kier alpha value is -2.41. The Morgan fingerprint density at radius 2 is 1.95 bits per heavy atom. The Morgan fingerprint density at radius 1 is 1.19 bits per heavy atom. The van der Waals surface area contributed by atoms with E-state index in [9.17, 15) is 9.59 Å². The van der Waals surface area contributed by atoms with E-state index in [1.54, 1.807) is 49.8 Å². The fraction of sp³-hybridized carbons (Fsp3) is 0.143. The van der Waals surface area contributed by atoms with Crippen LogP contribution in [0.15, 0.2) is 47.9 Å². The third-order valence-electron chi connectivity index (χ3n) is 2.51. The molecule has 2 amide bonds. The number of benzene rings is 1. The molecular formula is C14H14N4O2S. The average molecular weight is 302 g/mol. The Morgan fingerprint density at radius 3 is 2.67 bits per heavy atom. The van der Waals surface area contributed by atoms with Crippen LogP contribution in [-0.4, -0.2) is 34.6 Å². The molecule has 0 saturated carbocycles. The predicted octanol–water partition coefficient (Wildman–Crippen LogP) is 1.57. The first-order valence-electron chi connectivity index (χ1n) is 6.21. The molecule has 21 heavy (non-hydrogen) atoms. The standard InChI is InChI=1S/C14H14N4O2S/c1-15-13(20)10-4-2-5-11(8-10)18-12(19)9-21-14-16-6-3-7-17-14/h2-8H,9H2,1H3,(H,15,20)(H,18,19). The van der Waals surface area contributed by atoms with Gasteiger partial charge in [0.15, 0.2) is 5.16 Å². The van der Waals surface area contributed by atoms with Crippen molar-refractivity contribution in [3.8, 4) is 0 Å². The van der Waals surface area contributed by atoms with E-state index < -0.39 is 0 Å². The zero-order chi connectivity index (χ0) is 15.1. The number of amides is 2. The van der Waals surface area contributed by atoms with Crippen molar-refractivity contribution in [1.82, 2.24) is 15.3 Å². The fourth-order valence-corrected chi connectivity index (χ4v) is 2.17. The molecular weight excluding hydrogens is 288 g/mol. The van der Waals surface area contributed by atoms with Gasteiger partial charge in [0.25, 0.3) is 5.91 Å². The van der Waals surface area contributed by atoms with Gasteiger partial charge in [-0.15, -0.1) is 0 Å². The van der Waals surface area contributed by atoms with Crippen LogP contribution in [0.5, 0.6) is 0 Å². The number of rotatable bonds is 5. The second-order valence-electron chi connectivity index (χ2n) is 4.03. The van der Waals surface area contributed by atoms with Gasteiger partial charge in [0.05, 0.1) is 5.75 Å². The van der Waals surface area contributed by atoms with Gasteiger partial charge in [0.2, 0.25) is 5.91 Å². The lowest BCUT2D eigenvalue weighted by Crippen LogP contribution is -2.19. The average Bonchev–Trinajstić information content (AvgIpc) is 2.53. The molecule has 108 valence electrons. The molecule has 0 unspecified atom stereocenters. The van der Waals surface area contributed by atoms with Crippen LogP contribution >= 0.6 is 11.8 Å². The highest BCUT2D eigenvalue weighted by Gasteiger charge is 2.07. The molecule has 1 heterocycles. The molecule has 0 aliphatic heterocycles. The van der Waals surface area contributed by atoms with Crippen LogP contribution < -0.4 is 10.6 Å². The maximum Gasteiger partial charge on any atom is 0.251 e. The summed E-state index contributed by atoms with van der Waals surface area (Å²) >= 11 is 1.25. The second-order valence-corrected chi connectivity index (χ2v) is 4.97. The minimum absolute atomic E-state index is 0.179. The number of nitrogens with zero attached hydrogens (tertiary/aromatic N) is 2. The summed E-state index contributed by atoms with van der Waals surface area (Å²) in [6.45, 7) is 0. The number of anilines is 1. The van der Waals surface area contributed by atoms with Gasteiger partial charge in [-0.05, 0) is 24.3 Å². The molecule has 2 aromatic rings. The van der Waals surface area contributed by atoms with E-state index in [1.165, 1.54) is 11.8 Å². The first-order chi connectivity index (χ1) is 10.2. The van der Waals surface area contributed by atoms with Gasteiger partial charge in [-0.1, -0.05) is 17.8 Å². The summed E-state index contributed by atoms with van der Waals surface area (Å²) in [7, 11) is 1.56. The fourth-order valence-electron chi connectivity index (χ4n) is 1.57. The lowest BCUT2D eigenvalue weighted by atomic mass is 10.2. The molecule has 0 fully saturated rings. The highest BCUT2D eigenvalue weighted by Crippen LogP contribution is 2.14. The van der Waals surface area contributed by atoms with E-state index in [-0.39, 0.29) is 17.6 Å². The molecule has 1 aromatic carbocycles. The number of carbonyl (C=O) groups excluding carboxylic acids is 2. The third-order valence-corrected chi connectivity index (χ3v) is 3.39. The molecule has 1 aromatic heterocycles. The number of nitrogens with one attached hydrogen (secondary N) is 2. The molecule has 0 saturated heterocycles. The van der Waals surface area contributed by atoms with E-state index in [1.807, 2.05) is 0 Å². The van der Waals surface area contributed by atoms with Crippen molar-refractivity contribution in [2.75, 3.05) is 18.1 Å². The zero-order valence-corrected chi connectivity index (χ0v) is 12.2. The summed E-state index contributed by atoms with van der Waals surface area (Å²) in [6.07, 6.45) is 3.25. The molecule has 2 rings (SSSR count). The van der Waals surface area contributed by atoms with Gasteiger partial charge in [0, 0.05) is 30.7 Å². The van der Waals surface area contributed by atoms with E-state index in [4.69, 9.17) is 0 Å². The highest BCUT2D eigenvalue weighted by atomic mass is 32.2. The van der Waals surface area contributed by atoms with Crippen LogP contribution in [0.2, 0.25) is 0 Å². The van der Waals surface area contributed by atoms with Crippen LogP contribution in [0.1, 0.15) is 10.4 Å². The van der Waals surface area contributed by atoms with Crippen molar-refractivity contribution in [2.45, 2.75) is 5.16 Å². The van der Waals surface area contributed by atoms with Crippen molar-refractivity contribution in [3.05, 3.63) is 48.3 Å². The topological polar surface area (TPSA) is 84.0 Å². The Labute approximate surface area is 126 Å². The number of aromatic nitrogens is 2. The molecule has 0 aliphatic carbocycles. The number of hydrogen-bond donors (Lipinski definition) is 2. The first kappa shape index (κ1) is 15.0. The summed E-state index contributed by atoms with van der Waals surface area (Å²) in [5.41, 5.74) is 1.07. The summed E-state index contributed by atoms with van der Waals surface area (Å²) in [4.78, 5) is 31.4. The SMILES string of the molecule is CNC(=O)c1cccc(NC(=O)CSc2ncccn2)c1. The monoisotopic (exact) mass is 302 g/mol. The summed E-state index contributed by atoms with van der Waals surface area (Å²) in [5, 5.41) is 5.82. The first-order valence-corrected chi connectivity index (χ1v) is 7.19. The normalized spacial score (nSPS) is 9.95. The largest absolute Gasteiger partial charge is 0.355 e. The third kappa shape index (κ3) is 4.57. The van der Waals surface area contributed by atoms with Gasteiger partial charge < -0.3 is 10.6 Å². The Bertz CT molecular complexity index is 634. The summed E-state index contributed by atoms with van der Waals surface area (Å²) in [5.74, 6) is -0.173. The van der Waals surface area contributed by atoms with Crippen LogP contribution in [-0.2, 0) is 4.79 Å². The highest BCUT2D eigenvalue weighted by molar-refractivity contribution is 7.99. The Balaban J connectivity index is 1.92. The number of carbonyl (C=O) groups is 2. The van der Waals surface area contributed by atoms with Gasteiger partial charge in [-0.25, -0.2) is 9.97 Å². The molecule has 2 N–H and O–H groups in total. The van der Waals surface area contributed by atoms with Crippen molar-refractivity contribution in [2.24, 2.45) is 0 Å². The molecule has 0 aliphatic rings. The van der Waals surface area contributed by atoms with Crippen molar-refractivity contribution >= 4 is 29.3 Å². The van der Waals surface area contributed by atoms with Crippen molar-refractivity contribution in [3.63, 3.8) is 0 Å². The van der Waals surface area contributed by atoms with Crippen LogP contribution in [0.25, 0.3) is 0 Å². The molecule has 6 nitrogen and oxygen atoms in total. The maximum atomic E-state index is 11.8. The van der Waals surface area contributed by atoms with E-state index in [2.05, 4.69) is 20.6 Å². The van der Waals surface area contributed by atoms with Gasteiger partial charge in [0.1, 0.15) is 0 Å². The predicted molar refractivity (Wildman–Crippen MR) is 81.2 cm³/mol. The van der Waals surface area contributed by atoms with Crippen LogP contribution in [0.3, 0.4) is 0 Å². The van der Waals surface area contributed by atoms with Crippen molar-refractivity contribution in [1.29, 1.82) is 0 Å². The minimum Gasteiger partial charge on any atom is -0.355 e. The molecule has 0 spiro atoms. The summed E-state index contributed by atoms with van der Waals surface area (Å²) < 4.78 is 0. The summed E-state index contributed by atoms with van der Waals surface area (Å²) in [6, 6.07) is 8.47. The minimum atomic E-state index is -0.196. The Kier molecular flexibility index (Phi) is 5.28. The van der Waals surface area contributed by atoms with E-state index >= 15 is 0 Å². The van der Waals surface area contributed by atoms with Crippen LogP contribution in [0, 0.1) is 0 Å². The molecule has 0 bridgehead atoms. The van der Waals surface area contributed by atoms with Crippen molar-refractivity contribution < 1.29 is 9.59 Å². The van der Waals surface area contributed by atoms with Crippen LogP contribution in [0.4, 0.5) is 5.69 Å². The van der Waals surface area contributed by atoms with Gasteiger partial charge in [-0.3, -0.25) is 9.59 Å².